The third kappa shape index (κ3) is 5.65. The van der Waals surface area contributed by atoms with Gasteiger partial charge in [-0.15, -0.1) is 0 Å². The lowest BCUT2D eigenvalue weighted by Gasteiger charge is -2.42. The lowest BCUT2D eigenvalue weighted by atomic mass is 9.61. The summed E-state index contributed by atoms with van der Waals surface area (Å²) in [5.74, 6) is 3.06. The highest BCUT2D eigenvalue weighted by molar-refractivity contribution is 5.95. The molecule has 0 fully saturated rings. The van der Waals surface area contributed by atoms with Crippen LogP contribution in [0.15, 0.2) is 144 Å². The van der Waals surface area contributed by atoms with Gasteiger partial charge >= 0.3 is 5.97 Å². The van der Waals surface area contributed by atoms with Gasteiger partial charge in [0.1, 0.15) is 49.4 Å². The minimum Gasteiger partial charge on any atom is -0.489 e. The van der Waals surface area contributed by atoms with Gasteiger partial charge in [0.2, 0.25) is 0 Å². The first-order valence-electron chi connectivity index (χ1n) is 20.1. The first-order chi connectivity index (χ1) is 28.4. The number of hydrogen-bond acceptors (Lipinski definition) is 6. The highest BCUT2D eigenvalue weighted by atomic mass is 16.5. The Morgan fingerprint density at radius 1 is 0.466 bits per heavy atom. The molecule has 28 rings (SSSR count). The zero-order valence-corrected chi connectivity index (χ0v) is 32.7. The van der Waals surface area contributed by atoms with Crippen LogP contribution < -0.4 is 18.9 Å². The fourth-order valence-corrected chi connectivity index (χ4v) is 10.0. The normalized spacial score (nSPS) is 20.7. The molecule has 0 aromatic heterocycles. The maximum atomic E-state index is 13.3. The first kappa shape index (κ1) is 34.7. The van der Waals surface area contributed by atoms with Crippen molar-refractivity contribution in [1.29, 1.82) is 0 Å². The number of carbonyl (C=O) groups excluding carboxylic acids is 1. The summed E-state index contributed by atoms with van der Waals surface area (Å²) in [5, 5.41) is 0. The van der Waals surface area contributed by atoms with Crippen molar-refractivity contribution in [3.8, 4) is 23.0 Å². The molecule has 0 saturated heterocycles. The van der Waals surface area contributed by atoms with Crippen LogP contribution in [0.3, 0.4) is 0 Å². The van der Waals surface area contributed by atoms with Gasteiger partial charge in [-0.05, 0) is 135 Å². The van der Waals surface area contributed by atoms with E-state index in [1.54, 1.807) is 0 Å². The molecule has 20 bridgehead atoms. The van der Waals surface area contributed by atoms with Gasteiger partial charge < -0.3 is 23.7 Å². The van der Waals surface area contributed by atoms with Crippen LogP contribution in [0.5, 0.6) is 23.0 Å². The van der Waals surface area contributed by atoms with Crippen molar-refractivity contribution in [1.82, 2.24) is 0 Å². The van der Waals surface area contributed by atoms with E-state index in [1.807, 2.05) is 12.1 Å². The number of ether oxygens (including phenoxy) is 5. The number of benzene rings is 6. The van der Waals surface area contributed by atoms with E-state index in [2.05, 4.69) is 129 Å². The number of methoxy groups -OCH3 is 1. The van der Waals surface area contributed by atoms with Gasteiger partial charge in [-0.3, -0.25) is 0 Å². The molecule has 4 atom stereocenters. The van der Waals surface area contributed by atoms with Crippen molar-refractivity contribution in [2.45, 2.75) is 63.9 Å². The van der Waals surface area contributed by atoms with E-state index in [0.29, 0.717) is 32.0 Å². The van der Waals surface area contributed by atoms with E-state index in [4.69, 9.17) is 23.7 Å². The van der Waals surface area contributed by atoms with Gasteiger partial charge in [-0.2, -0.15) is 0 Å². The Kier molecular flexibility index (Phi) is 8.11. The second-order valence-corrected chi connectivity index (χ2v) is 16.2. The SMILES string of the molecule is COC(=O)C1=C(C)[C@H]2c3ccc4cc3C1c1ccc(cc12)OCc1ccc(cc1)COc1ccc2c(c1)C1C(C)=C[C@@H]2c2cc(ccc21)OCc1ccc(cc1)CO4. The smallest absolute Gasteiger partial charge is 0.334 e. The van der Waals surface area contributed by atoms with E-state index >= 15 is 0 Å². The third-order valence-corrected chi connectivity index (χ3v) is 12.9. The fraction of sp³-hybridized carbons (Fsp3) is 0.212. The summed E-state index contributed by atoms with van der Waals surface area (Å²) in [4.78, 5) is 13.3. The summed E-state index contributed by atoms with van der Waals surface area (Å²) in [6, 6.07) is 42.6. The average Bonchev–Trinajstić information content (AvgIpc) is 3.26. The molecule has 0 amide bonds. The lowest BCUT2D eigenvalue weighted by molar-refractivity contribution is -0.136. The quantitative estimate of drug-likeness (QED) is 0.123. The minimum atomic E-state index is -0.292. The third-order valence-electron chi connectivity index (χ3n) is 12.9. The molecule has 6 aromatic rings. The van der Waals surface area contributed by atoms with Crippen LogP contribution in [0.1, 0.15) is 104 Å². The predicted molar refractivity (Wildman–Crippen MR) is 222 cm³/mol. The highest BCUT2D eigenvalue weighted by Crippen LogP contribution is 2.57. The molecule has 6 heteroatoms. The van der Waals surface area contributed by atoms with Crippen molar-refractivity contribution >= 4 is 5.97 Å². The summed E-state index contributed by atoms with van der Waals surface area (Å²) in [6.45, 7) is 6.11. The Labute approximate surface area is 338 Å². The lowest BCUT2D eigenvalue weighted by Crippen LogP contribution is -2.31. The Morgan fingerprint density at radius 3 is 1.31 bits per heavy atom. The number of rotatable bonds is 1. The Hall–Kier alpha value is -6.53. The van der Waals surface area contributed by atoms with Crippen molar-refractivity contribution in [3.05, 3.63) is 211 Å². The van der Waals surface area contributed by atoms with Crippen LogP contribution >= 0.6 is 0 Å². The molecule has 0 saturated carbocycles. The molecule has 0 N–H and O–H groups in total. The number of allylic oxidation sites excluding steroid dienone is 3. The van der Waals surface area contributed by atoms with Gasteiger partial charge in [0.25, 0.3) is 0 Å². The molecule has 6 aromatic carbocycles. The highest BCUT2D eigenvalue weighted by Gasteiger charge is 2.45. The molecule has 286 valence electrons. The summed E-state index contributed by atoms with van der Waals surface area (Å²) in [5.41, 5.74) is 17.3. The van der Waals surface area contributed by atoms with Gasteiger partial charge in [-0.25, -0.2) is 4.79 Å². The topological polar surface area (TPSA) is 63.2 Å². The molecular weight excluding hydrogens is 721 g/mol. The molecule has 16 aliphatic heterocycles. The zero-order valence-electron chi connectivity index (χ0n) is 32.7. The van der Waals surface area contributed by atoms with E-state index < -0.39 is 0 Å². The van der Waals surface area contributed by atoms with Crippen molar-refractivity contribution in [3.63, 3.8) is 0 Å². The second-order valence-electron chi connectivity index (χ2n) is 16.2. The molecule has 2 unspecified atom stereocenters. The Bertz CT molecular complexity index is 2720. The summed E-state index contributed by atoms with van der Waals surface area (Å²) in [6.07, 6.45) is 2.41. The van der Waals surface area contributed by atoms with Crippen LogP contribution in [0.2, 0.25) is 0 Å². The van der Waals surface area contributed by atoms with E-state index in [0.717, 1.165) is 67.5 Å². The van der Waals surface area contributed by atoms with Gasteiger partial charge in [-0.1, -0.05) is 84.4 Å². The monoisotopic (exact) mass is 762 g/mol. The van der Waals surface area contributed by atoms with Gasteiger partial charge in [0.05, 0.1) is 7.11 Å². The van der Waals surface area contributed by atoms with Crippen molar-refractivity contribution < 1.29 is 28.5 Å². The average molecular weight is 763 g/mol. The second kappa shape index (κ2) is 13.6. The zero-order chi connectivity index (χ0) is 39.1. The number of esters is 1. The molecule has 0 spiro atoms. The maximum absolute atomic E-state index is 13.3. The van der Waals surface area contributed by atoms with E-state index in [1.165, 1.54) is 40.5 Å². The van der Waals surface area contributed by atoms with Crippen molar-refractivity contribution in [2.75, 3.05) is 7.11 Å². The van der Waals surface area contributed by atoms with Crippen LogP contribution in [0, 0.1) is 0 Å². The van der Waals surface area contributed by atoms with Crippen LogP contribution in [-0.4, -0.2) is 13.1 Å². The van der Waals surface area contributed by atoms with Gasteiger partial charge in [0, 0.05) is 29.2 Å². The van der Waals surface area contributed by atoms with Gasteiger partial charge in [0.15, 0.2) is 0 Å². The number of carbonyl (C=O) groups is 1. The van der Waals surface area contributed by atoms with Crippen LogP contribution in [0.4, 0.5) is 0 Å². The molecule has 22 aliphatic rings. The fourth-order valence-electron chi connectivity index (χ4n) is 10.0. The van der Waals surface area contributed by atoms with Crippen LogP contribution in [-0.2, 0) is 36.0 Å². The number of hydrogen-bond donors (Lipinski definition) is 0. The molecule has 16 heterocycles. The largest absolute Gasteiger partial charge is 0.489 e. The minimum absolute atomic E-state index is 0.0915. The standard InChI is InChI=1S/C52H42O6/c1-29-20-43-39-16-12-36-22-45(39)48(29)40-17-13-35(21-44(40)43)55-25-31-4-6-34(7-5-31)28-58-38-14-18-41-47(24-38)51-42-19-15-37(57-27-33-10-8-32(9-11-33)26-56-36)23-46(42)49(41)30(2)50(51)52(53)54-3/h4-24,43,48-49,51H,25-28H2,1-3H3/t43-,48?,49-,51?/m0/s1. The summed E-state index contributed by atoms with van der Waals surface area (Å²) in [7, 11) is 1.46. The summed E-state index contributed by atoms with van der Waals surface area (Å²) >= 11 is 0. The van der Waals surface area contributed by atoms with Crippen molar-refractivity contribution in [2.24, 2.45) is 0 Å². The molecule has 6 aliphatic carbocycles. The molecule has 0 radical (unpaired) electrons. The van der Waals surface area contributed by atoms with E-state index in [-0.39, 0.29) is 29.6 Å². The maximum Gasteiger partial charge on any atom is 0.334 e. The first-order valence-corrected chi connectivity index (χ1v) is 20.1. The molecule has 58 heavy (non-hydrogen) atoms. The predicted octanol–water partition coefficient (Wildman–Crippen LogP) is 10.9. The van der Waals surface area contributed by atoms with E-state index in [9.17, 15) is 4.79 Å². The summed E-state index contributed by atoms with van der Waals surface area (Å²) < 4.78 is 30.9. The molecule has 6 nitrogen and oxygen atoms in total. The Balaban J connectivity index is 0.924. The Morgan fingerprint density at radius 2 is 0.845 bits per heavy atom. The van der Waals surface area contributed by atoms with Crippen LogP contribution in [0.25, 0.3) is 0 Å². The molecular formula is C52H42O6.